The van der Waals surface area contributed by atoms with Crippen molar-refractivity contribution in [3.8, 4) is 0 Å². The van der Waals surface area contributed by atoms with E-state index in [1.165, 1.54) is 22.9 Å². The smallest absolute Gasteiger partial charge is 0.321 e. The van der Waals surface area contributed by atoms with Gasteiger partial charge in [-0.1, -0.05) is 3.34 Å². The predicted octanol–water partition coefficient (Wildman–Crippen LogP) is 0.608. The van der Waals surface area contributed by atoms with Crippen LogP contribution in [0.5, 0.6) is 0 Å². The van der Waals surface area contributed by atoms with Gasteiger partial charge in [0.15, 0.2) is 0 Å². The van der Waals surface area contributed by atoms with Gasteiger partial charge in [0.2, 0.25) is 0 Å². The lowest BCUT2D eigenvalue weighted by molar-refractivity contribution is -0.138. The first-order chi connectivity index (χ1) is 3.13. The Morgan fingerprint density at radius 2 is 2.43 bits per heavy atom. The van der Waals surface area contributed by atoms with Gasteiger partial charge in [-0.2, -0.15) is 0 Å². The number of carboxylic acid groups (broad SMARTS) is 1. The van der Waals surface area contributed by atoms with Gasteiger partial charge in [0, 0.05) is 0 Å². The van der Waals surface area contributed by atoms with Gasteiger partial charge in [-0.05, 0) is 0 Å². The number of halogens is 2. The highest BCUT2D eigenvalue weighted by atomic mass is 127. The van der Waals surface area contributed by atoms with Crippen LogP contribution in [0.25, 0.3) is 0 Å². The van der Waals surface area contributed by atoms with Gasteiger partial charge in [-0.15, -0.1) is 4.48 Å². The Morgan fingerprint density at radius 1 is 2.00 bits per heavy atom. The molecule has 0 aromatic heterocycles. The molecule has 0 amide bonds. The topological polar surface area (TPSA) is 40.5 Å². The SMILES string of the molecule is O=C(O)CN(F)I. The summed E-state index contributed by atoms with van der Waals surface area (Å²) in [5.74, 6) is -1.17. The van der Waals surface area contributed by atoms with Crippen molar-refractivity contribution in [3.05, 3.63) is 0 Å². The molecule has 3 nitrogen and oxygen atoms in total. The van der Waals surface area contributed by atoms with E-state index in [9.17, 15) is 9.28 Å². The van der Waals surface area contributed by atoms with Gasteiger partial charge in [0.1, 0.15) is 6.54 Å². The van der Waals surface area contributed by atoms with E-state index in [2.05, 4.69) is 0 Å². The summed E-state index contributed by atoms with van der Waals surface area (Å²) in [4.78, 5) is 9.52. The quantitative estimate of drug-likeness (QED) is 0.546. The van der Waals surface area contributed by atoms with Gasteiger partial charge in [-0.25, -0.2) is 0 Å². The van der Waals surface area contributed by atoms with Crippen LogP contribution in [0.2, 0.25) is 0 Å². The monoisotopic (exact) mass is 219 g/mol. The summed E-state index contributed by atoms with van der Waals surface area (Å²) in [6.07, 6.45) is 0. The van der Waals surface area contributed by atoms with E-state index in [1.807, 2.05) is 0 Å². The molecule has 0 rings (SSSR count). The minimum atomic E-state index is -1.17. The first-order valence-electron chi connectivity index (χ1n) is 1.44. The Labute approximate surface area is 53.5 Å². The molecule has 0 aromatic carbocycles. The van der Waals surface area contributed by atoms with Crippen molar-refractivity contribution in [2.24, 2.45) is 0 Å². The number of aliphatic carboxylic acids is 1. The molecule has 0 atom stereocenters. The molecular weight excluding hydrogens is 216 g/mol. The Morgan fingerprint density at radius 3 is 2.43 bits per heavy atom. The molecule has 1 N–H and O–H groups in total. The van der Waals surface area contributed by atoms with Crippen LogP contribution in [0, 0.1) is 0 Å². The lowest BCUT2D eigenvalue weighted by Crippen LogP contribution is -2.11. The van der Waals surface area contributed by atoms with Gasteiger partial charge in [-0.3, -0.25) is 4.79 Å². The summed E-state index contributed by atoms with van der Waals surface area (Å²) >= 11 is 1.24. The third-order valence-corrected chi connectivity index (χ3v) is 0.596. The average molecular weight is 219 g/mol. The third kappa shape index (κ3) is 6.09. The fourth-order valence-corrected chi connectivity index (χ4v) is 0.394. The lowest BCUT2D eigenvalue weighted by atomic mass is 10.7. The van der Waals surface area contributed by atoms with E-state index >= 15 is 0 Å². The van der Waals surface area contributed by atoms with E-state index < -0.39 is 12.5 Å². The van der Waals surface area contributed by atoms with E-state index in [0.717, 1.165) is 0 Å². The fourth-order valence-electron chi connectivity index (χ4n) is 0.102. The zero-order chi connectivity index (χ0) is 5.86. The van der Waals surface area contributed by atoms with Gasteiger partial charge in [0.25, 0.3) is 0 Å². The summed E-state index contributed by atoms with van der Waals surface area (Å²) in [5.41, 5.74) is 0. The summed E-state index contributed by atoms with van der Waals surface area (Å²) in [5, 5.41) is 7.80. The molecule has 0 heterocycles. The van der Waals surface area contributed by atoms with Crippen LogP contribution in [0.3, 0.4) is 0 Å². The van der Waals surface area contributed by atoms with Gasteiger partial charge < -0.3 is 5.11 Å². The summed E-state index contributed by atoms with van der Waals surface area (Å²) in [6, 6.07) is 0. The highest BCUT2D eigenvalue weighted by Crippen LogP contribution is 1.95. The fraction of sp³-hybridized carbons (Fsp3) is 0.500. The standard InChI is InChI=1S/C2H3FINO2/c3-5(4)1-2(6)7/h1H2,(H,6,7). The molecular formula is C2H3FINO2. The minimum Gasteiger partial charge on any atom is -0.480 e. The van der Waals surface area contributed by atoms with E-state index in [0.29, 0.717) is 0 Å². The minimum absolute atomic E-state index is 0.0695. The predicted molar refractivity (Wildman–Crippen MR) is 29.5 cm³/mol. The molecule has 5 heteroatoms. The van der Waals surface area contributed by atoms with Crippen molar-refractivity contribution in [1.82, 2.24) is 3.34 Å². The van der Waals surface area contributed by atoms with Crippen LogP contribution in [0.1, 0.15) is 0 Å². The molecule has 0 aromatic rings. The van der Waals surface area contributed by atoms with Crippen LogP contribution in [-0.4, -0.2) is 21.0 Å². The van der Waals surface area contributed by atoms with Crippen molar-refractivity contribution in [1.29, 1.82) is 0 Å². The number of carboxylic acids is 1. The molecule has 42 valence electrons. The molecule has 0 saturated carbocycles. The molecule has 0 saturated heterocycles. The number of hydrogen-bond donors (Lipinski definition) is 1. The lowest BCUT2D eigenvalue weighted by Gasteiger charge is -1.92. The molecule has 0 bridgehead atoms. The molecule has 0 aliphatic heterocycles. The Balaban J connectivity index is 3.13. The van der Waals surface area contributed by atoms with E-state index in [-0.39, 0.29) is 3.34 Å². The molecule has 0 unspecified atom stereocenters. The first kappa shape index (κ1) is 7.09. The van der Waals surface area contributed by atoms with Crippen LogP contribution in [0.4, 0.5) is 4.48 Å². The van der Waals surface area contributed by atoms with Crippen molar-refractivity contribution in [2.45, 2.75) is 0 Å². The van der Waals surface area contributed by atoms with Crippen molar-refractivity contribution < 1.29 is 14.4 Å². The number of nitrogens with zero attached hydrogens (tertiary/aromatic N) is 1. The first-order valence-corrected chi connectivity index (χ1v) is 2.40. The second-order valence-electron chi connectivity index (χ2n) is 0.855. The largest absolute Gasteiger partial charge is 0.480 e. The second-order valence-corrected chi connectivity index (χ2v) is 1.90. The number of rotatable bonds is 2. The second kappa shape index (κ2) is 3.14. The third-order valence-electron chi connectivity index (χ3n) is 0.255. The summed E-state index contributed by atoms with van der Waals surface area (Å²) in [7, 11) is 0. The van der Waals surface area contributed by atoms with Crippen molar-refractivity contribution in [2.75, 3.05) is 6.54 Å². The molecule has 7 heavy (non-hydrogen) atoms. The maximum absolute atomic E-state index is 11.4. The normalized spacial score (nSPS) is 9.57. The zero-order valence-electron chi connectivity index (χ0n) is 3.27. The molecule has 0 aliphatic carbocycles. The van der Waals surface area contributed by atoms with Gasteiger partial charge in [0.05, 0.1) is 22.9 Å². The highest BCUT2D eigenvalue weighted by Gasteiger charge is 2.00. The van der Waals surface area contributed by atoms with Crippen molar-refractivity contribution in [3.63, 3.8) is 0 Å². The van der Waals surface area contributed by atoms with Crippen molar-refractivity contribution >= 4 is 28.8 Å². The number of carbonyl (C=O) groups is 1. The van der Waals surface area contributed by atoms with Crippen LogP contribution < -0.4 is 0 Å². The van der Waals surface area contributed by atoms with Crippen LogP contribution in [0.15, 0.2) is 0 Å². The molecule has 0 radical (unpaired) electrons. The summed E-state index contributed by atoms with van der Waals surface area (Å²) < 4.78 is 11.5. The Hall–Kier alpha value is 0.0900. The van der Waals surface area contributed by atoms with Crippen LogP contribution >= 0.6 is 22.9 Å². The van der Waals surface area contributed by atoms with E-state index in [1.54, 1.807) is 0 Å². The Bertz CT molecular complexity index is 76.1. The summed E-state index contributed by atoms with van der Waals surface area (Å²) in [6.45, 7) is -0.569. The van der Waals surface area contributed by atoms with Gasteiger partial charge >= 0.3 is 5.97 Å². The molecule has 0 aliphatic rings. The molecule has 0 fully saturated rings. The Kier molecular flexibility index (Phi) is 3.18. The van der Waals surface area contributed by atoms with E-state index in [4.69, 9.17) is 5.11 Å². The maximum atomic E-state index is 11.4. The molecule has 0 spiro atoms. The van der Waals surface area contributed by atoms with Crippen LogP contribution in [-0.2, 0) is 4.79 Å². The maximum Gasteiger partial charge on any atom is 0.321 e. The highest BCUT2D eigenvalue weighted by molar-refractivity contribution is 14.1. The average Bonchev–Trinajstić information content (AvgIpc) is 1.27. The zero-order valence-corrected chi connectivity index (χ0v) is 5.42. The number of hydrogen-bond acceptors (Lipinski definition) is 2.